The van der Waals surface area contributed by atoms with Gasteiger partial charge in [0.2, 0.25) is 0 Å². The number of fused-ring (bicyclic) bond motifs is 1. The van der Waals surface area contributed by atoms with Gasteiger partial charge >= 0.3 is 5.97 Å². The number of aromatic nitrogens is 4. The quantitative estimate of drug-likeness (QED) is 0.0803. The number of esters is 1. The number of ether oxygens (including phenoxy) is 3. The molecular formula is C31H40N6O5S2Si. The molecule has 14 heteroatoms. The van der Waals surface area contributed by atoms with Crippen LogP contribution in [-0.2, 0) is 20.9 Å². The molecule has 4 aromatic rings. The molecule has 1 N–H and O–H groups in total. The summed E-state index contributed by atoms with van der Waals surface area (Å²) in [4.78, 5) is 25.2. The first-order valence-electron chi connectivity index (χ1n) is 14.7. The predicted octanol–water partition coefficient (Wildman–Crippen LogP) is 5.50. The maximum absolute atomic E-state index is 12.7. The van der Waals surface area contributed by atoms with Gasteiger partial charge < -0.3 is 24.2 Å². The summed E-state index contributed by atoms with van der Waals surface area (Å²) in [5.74, 6) is 5.91. The number of carbonyl (C=O) groups is 1. The van der Waals surface area contributed by atoms with Gasteiger partial charge in [-0.2, -0.15) is 4.99 Å². The number of aliphatic hydroxyl groups excluding tert-OH is 1. The van der Waals surface area contributed by atoms with Gasteiger partial charge in [0.1, 0.15) is 18.2 Å². The minimum atomic E-state index is -1.21. The van der Waals surface area contributed by atoms with E-state index < -0.39 is 14.0 Å². The summed E-state index contributed by atoms with van der Waals surface area (Å²) in [6, 6.07) is 11.2. The van der Waals surface area contributed by atoms with Gasteiger partial charge in [0, 0.05) is 34.9 Å². The Hall–Kier alpha value is -3.45. The second-order valence-corrected chi connectivity index (χ2v) is 18.9. The van der Waals surface area contributed by atoms with Gasteiger partial charge in [-0.05, 0) is 50.1 Å². The van der Waals surface area contributed by atoms with Crippen molar-refractivity contribution in [1.82, 2.24) is 19.7 Å². The summed E-state index contributed by atoms with van der Waals surface area (Å²) in [6.45, 7) is 12.7. The van der Waals surface area contributed by atoms with Crippen molar-refractivity contribution >= 4 is 63.7 Å². The van der Waals surface area contributed by atoms with Crippen LogP contribution in [-0.4, -0.2) is 79.0 Å². The van der Waals surface area contributed by atoms with Crippen molar-refractivity contribution < 1.29 is 24.1 Å². The summed E-state index contributed by atoms with van der Waals surface area (Å²) < 4.78 is 19.8. The van der Waals surface area contributed by atoms with E-state index in [4.69, 9.17) is 19.2 Å². The minimum Gasteiger partial charge on any atom is -0.461 e. The molecule has 0 spiro atoms. The van der Waals surface area contributed by atoms with Crippen LogP contribution in [0.15, 0.2) is 35.3 Å². The summed E-state index contributed by atoms with van der Waals surface area (Å²) in [5.41, 5.74) is 1.98. The number of anilines is 2. The third kappa shape index (κ3) is 9.29. The number of carbonyl (C=O) groups excluding carboxylic acids is 1. The van der Waals surface area contributed by atoms with Gasteiger partial charge in [-0.25, -0.2) is 9.78 Å². The first-order chi connectivity index (χ1) is 21.6. The molecule has 11 nitrogen and oxygen atoms in total. The normalized spacial score (nSPS) is 11.9. The molecule has 0 aliphatic carbocycles. The molecule has 3 heterocycles. The van der Waals surface area contributed by atoms with E-state index in [0.29, 0.717) is 54.6 Å². The van der Waals surface area contributed by atoms with E-state index >= 15 is 0 Å². The lowest BCUT2D eigenvalue weighted by Crippen LogP contribution is -2.23. The van der Waals surface area contributed by atoms with Crippen LogP contribution < -0.4 is 9.70 Å². The van der Waals surface area contributed by atoms with Crippen LogP contribution in [0.25, 0.3) is 10.2 Å². The number of benzene rings is 1. The van der Waals surface area contributed by atoms with Crippen molar-refractivity contribution in [2.75, 3.05) is 45.0 Å². The van der Waals surface area contributed by atoms with E-state index in [1.54, 1.807) is 25.4 Å². The molecular weight excluding hydrogens is 629 g/mol. The number of thiazole rings is 2. The van der Waals surface area contributed by atoms with Crippen molar-refractivity contribution in [2.45, 2.75) is 52.7 Å². The Bertz CT molecular complexity index is 1730. The van der Waals surface area contributed by atoms with E-state index in [2.05, 4.69) is 63.4 Å². The molecule has 0 unspecified atom stereocenters. The van der Waals surface area contributed by atoms with Crippen LogP contribution in [0.1, 0.15) is 34.3 Å². The monoisotopic (exact) mass is 668 g/mol. The van der Waals surface area contributed by atoms with Crippen molar-refractivity contribution in [3.05, 3.63) is 51.3 Å². The van der Waals surface area contributed by atoms with Crippen molar-refractivity contribution in [2.24, 2.45) is 4.99 Å². The number of nitrogens with zero attached hydrogens (tertiary/aromatic N) is 6. The number of aliphatic hydroxyl groups is 1. The maximum Gasteiger partial charge on any atom is 0.359 e. The lowest BCUT2D eigenvalue weighted by atomic mass is 10.3. The van der Waals surface area contributed by atoms with E-state index in [0.717, 1.165) is 26.6 Å². The fourth-order valence-electron chi connectivity index (χ4n) is 4.20. The second-order valence-electron chi connectivity index (χ2n) is 11.3. The van der Waals surface area contributed by atoms with Crippen LogP contribution >= 0.6 is 22.7 Å². The van der Waals surface area contributed by atoms with E-state index in [1.807, 2.05) is 30.0 Å². The van der Waals surface area contributed by atoms with Crippen LogP contribution in [0.3, 0.4) is 0 Å². The number of methoxy groups -OCH3 is 1. The number of aryl methyl sites for hydroxylation is 1. The zero-order valence-corrected chi connectivity index (χ0v) is 29.3. The lowest BCUT2D eigenvalue weighted by Gasteiger charge is -2.20. The maximum atomic E-state index is 12.7. The smallest absolute Gasteiger partial charge is 0.359 e. The summed E-state index contributed by atoms with van der Waals surface area (Å²) in [7, 11) is 0.435. The van der Waals surface area contributed by atoms with E-state index in [-0.39, 0.29) is 18.9 Å². The zero-order chi connectivity index (χ0) is 32.4. The molecule has 1 aromatic carbocycles. The third-order valence-electron chi connectivity index (χ3n) is 6.56. The van der Waals surface area contributed by atoms with Gasteiger partial charge in [-0.3, -0.25) is 4.57 Å². The zero-order valence-electron chi connectivity index (χ0n) is 26.6. The van der Waals surface area contributed by atoms with Crippen molar-refractivity contribution in [1.29, 1.82) is 0 Å². The average molecular weight is 669 g/mol. The highest BCUT2D eigenvalue weighted by Crippen LogP contribution is 2.32. The second kappa shape index (κ2) is 16.2. The molecule has 0 atom stereocenters. The van der Waals surface area contributed by atoms with Crippen molar-refractivity contribution in [3.63, 3.8) is 0 Å². The van der Waals surface area contributed by atoms with Gasteiger partial charge in [0.25, 0.3) is 0 Å². The Balaban J connectivity index is 1.70. The Morgan fingerprint density at radius 1 is 1.18 bits per heavy atom. The fraction of sp³-hybridized carbons (Fsp3) is 0.452. The highest BCUT2D eigenvalue weighted by Gasteiger charge is 2.24. The molecule has 3 aromatic heterocycles. The molecule has 4 rings (SSSR count). The average Bonchev–Trinajstić information content (AvgIpc) is 3.58. The standard InChI is InChI=1S/C31H40N6O5S2Si/c1-7-42-29(39)27-25(14-10-16-38)44-30(32-27)36(15-11-17-40-3)26-20-22(2)28(35-34-26)33-31-37(21-41-18-19-45(4,5)6)23-12-8-9-13-24(23)43-31/h8-9,12-13,20,38H,7,11,15-19,21H2,1-6H3. The molecule has 0 aliphatic heterocycles. The Labute approximate surface area is 272 Å². The topological polar surface area (TPSA) is 124 Å². The lowest BCUT2D eigenvalue weighted by molar-refractivity contribution is 0.0520. The van der Waals surface area contributed by atoms with Crippen LogP contribution in [0.5, 0.6) is 0 Å². The number of para-hydroxylation sites is 1. The first-order valence-corrected chi connectivity index (χ1v) is 20.1. The minimum absolute atomic E-state index is 0.104. The number of hydrogen-bond acceptors (Lipinski definition) is 12. The molecule has 45 heavy (non-hydrogen) atoms. The summed E-state index contributed by atoms with van der Waals surface area (Å²) in [5, 5.41) is 18.8. The van der Waals surface area contributed by atoms with Crippen LogP contribution in [0.4, 0.5) is 16.8 Å². The molecule has 0 saturated heterocycles. The van der Waals surface area contributed by atoms with Crippen LogP contribution in [0.2, 0.25) is 25.7 Å². The van der Waals surface area contributed by atoms with Crippen LogP contribution in [0, 0.1) is 18.8 Å². The largest absolute Gasteiger partial charge is 0.461 e. The third-order valence-corrected chi connectivity index (χ3v) is 10.3. The SMILES string of the molecule is CCOC(=O)c1nc(N(CCCOC)c2cc(C)c(N=c3sc4ccccc4n3COCC[Si](C)(C)C)nn2)sc1C#CCO. The first kappa shape index (κ1) is 34.4. The van der Waals surface area contributed by atoms with Gasteiger partial charge in [-0.15, -0.1) is 10.2 Å². The van der Waals surface area contributed by atoms with Gasteiger partial charge in [-0.1, -0.05) is 66.3 Å². The highest BCUT2D eigenvalue weighted by atomic mass is 32.1. The predicted molar refractivity (Wildman–Crippen MR) is 181 cm³/mol. The number of hydrogen-bond donors (Lipinski definition) is 1. The molecule has 0 fully saturated rings. The Morgan fingerprint density at radius 2 is 1.98 bits per heavy atom. The van der Waals surface area contributed by atoms with Crippen molar-refractivity contribution in [3.8, 4) is 11.8 Å². The fourth-order valence-corrected chi connectivity index (χ4v) is 6.94. The van der Waals surface area contributed by atoms with Gasteiger partial charge in [0.05, 0.1) is 16.8 Å². The molecule has 0 bridgehead atoms. The van der Waals surface area contributed by atoms with E-state index in [9.17, 15) is 9.90 Å². The summed E-state index contributed by atoms with van der Waals surface area (Å²) in [6.07, 6.45) is 0.675. The molecule has 0 radical (unpaired) electrons. The highest BCUT2D eigenvalue weighted by molar-refractivity contribution is 7.16. The number of rotatable bonds is 14. The Morgan fingerprint density at radius 3 is 2.69 bits per heavy atom. The molecule has 0 aliphatic rings. The molecule has 0 amide bonds. The summed E-state index contributed by atoms with van der Waals surface area (Å²) >= 11 is 2.81. The molecule has 0 saturated carbocycles. The van der Waals surface area contributed by atoms with E-state index in [1.165, 1.54) is 11.3 Å². The molecule has 240 valence electrons. The van der Waals surface area contributed by atoms with Gasteiger partial charge in [0.15, 0.2) is 27.3 Å². The Kier molecular flexibility index (Phi) is 12.4.